The van der Waals surface area contributed by atoms with Gasteiger partial charge < -0.3 is 10.2 Å². The summed E-state index contributed by atoms with van der Waals surface area (Å²) < 4.78 is 0. The largest absolute Gasteiger partial charge is 0.481 e. The van der Waals surface area contributed by atoms with Crippen LogP contribution in [0.25, 0.3) is 0 Å². The summed E-state index contributed by atoms with van der Waals surface area (Å²) in [6, 6.07) is 0. The topological polar surface area (TPSA) is 74.6 Å². The van der Waals surface area contributed by atoms with E-state index in [-0.39, 0.29) is 0 Å². The van der Waals surface area contributed by atoms with Crippen molar-refractivity contribution in [1.82, 2.24) is 0 Å². The predicted octanol–water partition coefficient (Wildman–Crippen LogP) is 4.86. The smallest absolute Gasteiger partial charge is 0.300 e. The highest BCUT2D eigenvalue weighted by Gasteiger charge is 1.96. The van der Waals surface area contributed by atoms with Crippen molar-refractivity contribution in [3.63, 3.8) is 0 Å². The van der Waals surface area contributed by atoms with Crippen molar-refractivity contribution < 1.29 is 19.8 Å². The predicted molar refractivity (Wildman–Crippen MR) is 82.0 cm³/mol. The standard InChI is InChI=1S/C12H24.2C2H4O2/c1-2-4-6-8-10-12-11-9-7-5-3-1;2*1-2(3)4/h1-12H2;2*1H3,(H,3,4). The lowest BCUT2D eigenvalue weighted by Crippen LogP contribution is -1.85. The van der Waals surface area contributed by atoms with Gasteiger partial charge in [0.2, 0.25) is 0 Å². The molecule has 1 rings (SSSR count). The van der Waals surface area contributed by atoms with E-state index in [4.69, 9.17) is 19.8 Å². The third-order valence-electron chi connectivity index (χ3n) is 3.00. The molecular formula is C16H32O4. The van der Waals surface area contributed by atoms with E-state index in [0.29, 0.717) is 0 Å². The van der Waals surface area contributed by atoms with Gasteiger partial charge in [-0.2, -0.15) is 0 Å². The zero-order chi connectivity index (χ0) is 15.6. The lowest BCUT2D eigenvalue weighted by atomic mass is 10.0. The first-order valence-corrected chi connectivity index (χ1v) is 7.86. The fourth-order valence-electron chi connectivity index (χ4n) is 2.12. The van der Waals surface area contributed by atoms with Crippen molar-refractivity contribution in [3.05, 3.63) is 0 Å². The van der Waals surface area contributed by atoms with Gasteiger partial charge in [0.15, 0.2) is 0 Å². The van der Waals surface area contributed by atoms with Crippen LogP contribution in [-0.2, 0) is 9.59 Å². The van der Waals surface area contributed by atoms with Crippen LogP contribution in [0, 0.1) is 0 Å². The van der Waals surface area contributed by atoms with Gasteiger partial charge >= 0.3 is 0 Å². The van der Waals surface area contributed by atoms with Crippen molar-refractivity contribution in [3.8, 4) is 0 Å². The summed E-state index contributed by atoms with van der Waals surface area (Å²) in [4.78, 5) is 18.0. The van der Waals surface area contributed by atoms with Crippen LogP contribution in [0.5, 0.6) is 0 Å². The minimum Gasteiger partial charge on any atom is -0.481 e. The Hall–Kier alpha value is -1.06. The molecule has 120 valence electrons. The summed E-state index contributed by atoms with van der Waals surface area (Å²) in [7, 11) is 0. The molecule has 1 aliphatic rings. The molecule has 4 heteroatoms. The number of carbonyl (C=O) groups is 2. The van der Waals surface area contributed by atoms with Gasteiger partial charge in [-0.15, -0.1) is 0 Å². The van der Waals surface area contributed by atoms with E-state index in [0.717, 1.165) is 13.8 Å². The van der Waals surface area contributed by atoms with E-state index in [1.165, 1.54) is 77.0 Å². The molecule has 0 amide bonds. The van der Waals surface area contributed by atoms with E-state index < -0.39 is 11.9 Å². The number of hydrogen-bond acceptors (Lipinski definition) is 2. The maximum atomic E-state index is 9.00. The van der Waals surface area contributed by atoms with E-state index in [9.17, 15) is 0 Å². The molecule has 0 unspecified atom stereocenters. The van der Waals surface area contributed by atoms with Crippen molar-refractivity contribution in [1.29, 1.82) is 0 Å². The zero-order valence-corrected chi connectivity index (χ0v) is 13.2. The first-order chi connectivity index (χ1) is 9.46. The van der Waals surface area contributed by atoms with E-state index in [1.54, 1.807) is 0 Å². The summed E-state index contributed by atoms with van der Waals surface area (Å²) in [6.45, 7) is 2.17. The molecule has 0 aromatic rings. The van der Waals surface area contributed by atoms with Gasteiger partial charge in [0, 0.05) is 13.8 Å². The molecule has 0 atom stereocenters. The highest BCUT2D eigenvalue weighted by atomic mass is 16.4. The van der Waals surface area contributed by atoms with Crippen LogP contribution in [0.3, 0.4) is 0 Å². The Bertz CT molecular complexity index is 163. The second-order valence-corrected chi connectivity index (χ2v) is 5.28. The molecule has 1 saturated carbocycles. The van der Waals surface area contributed by atoms with Gasteiger partial charge in [-0.3, -0.25) is 9.59 Å². The van der Waals surface area contributed by atoms with Gasteiger partial charge in [0.1, 0.15) is 0 Å². The van der Waals surface area contributed by atoms with Crippen LogP contribution >= 0.6 is 0 Å². The van der Waals surface area contributed by atoms with Gasteiger partial charge in [0.05, 0.1) is 0 Å². The minimum absolute atomic E-state index is 0.833. The van der Waals surface area contributed by atoms with Crippen molar-refractivity contribution in [2.24, 2.45) is 0 Å². The average molecular weight is 288 g/mol. The average Bonchev–Trinajstić information content (AvgIpc) is 2.28. The van der Waals surface area contributed by atoms with E-state index >= 15 is 0 Å². The van der Waals surface area contributed by atoms with Crippen LogP contribution in [-0.4, -0.2) is 22.2 Å². The van der Waals surface area contributed by atoms with Crippen LogP contribution in [0.15, 0.2) is 0 Å². The molecule has 0 aromatic heterocycles. The van der Waals surface area contributed by atoms with Gasteiger partial charge in [0.25, 0.3) is 11.9 Å². The molecule has 1 aliphatic carbocycles. The monoisotopic (exact) mass is 288 g/mol. The molecule has 0 bridgehead atoms. The third kappa shape index (κ3) is 36.0. The number of carboxylic acid groups (broad SMARTS) is 2. The summed E-state index contributed by atoms with van der Waals surface area (Å²) in [5.74, 6) is -1.67. The zero-order valence-electron chi connectivity index (χ0n) is 13.2. The molecule has 2 N–H and O–H groups in total. The summed E-state index contributed by atoms with van der Waals surface area (Å²) >= 11 is 0. The molecule has 0 radical (unpaired) electrons. The molecule has 20 heavy (non-hydrogen) atoms. The maximum absolute atomic E-state index is 9.00. The molecular weight excluding hydrogens is 256 g/mol. The number of rotatable bonds is 0. The normalized spacial score (nSPS) is 16.9. The summed E-state index contributed by atoms with van der Waals surface area (Å²) in [5.41, 5.74) is 0. The Morgan fingerprint density at radius 3 is 0.600 bits per heavy atom. The number of carboxylic acids is 2. The second-order valence-electron chi connectivity index (χ2n) is 5.28. The van der Waals surface area contributed by atoms with Crippen LogP contribution < -0.4 is 0 Å². The Kier molecular flexibility index (Phi) is 19.1. The Balaban J connectivity index is 0. The highest BCUT2D eigenvalue weighted by Crippen LogP contribution is 2.15. The Morgan fingerprint density at radius 1 is 0.500 bits per heavy atom. The molecule has 1 fully saturated rings. The maximum Gasteiger partial charge on any atom is 0.300 e. The van der Waals surface area contributed by atoms with Crippen molar-refractivity contribution in [2.75, 3.05) is 0 Å². The second kappa shape index (κ2) is 17.9. The van der Waals surface area contributed by atoms with Crippen molar-refractivity contribution in [2.45, 2.75) is 90.9 Å². The molecule has 4 nitrogen and oxygen atoms in total. The van der Waals surface area contributed by atoms with Crippen molar-refractivity contribution >= 4 is 11.9 Å². The Labute approximate surface area is 123 Å². The molecule has 0 spiro atoms. The molecule has 0 heterocycles. The van der Waals surface area contributed by atoms with Gasteiger partial charge in [-0.05, 0) is 0 Å². The molecule has 0 aliphatic heterocycles. The lowest BCUT2D eigenvalue weighted by Gasteiger charge is -2.05. The number of hydrogen-bond donors (Lipinski definition) is 2. The quantitative estimate of drug-likeness (QED) is 0.667. The fraction of sp³-hybridized carbons (Fsp3) is 0.875. The highest BCUT2D eigenvalue weighted by molar-refractivity contribution is 5.63. The third-order valence-corrected chi connectivity index (χ3v) is 3.00. The lowest BCUT2D eigenvalue weighted by molar-refractivity contribution is -0.135. The summed E-state index contributed by atoms with van der Waals surface area (Å²) in [5, 5.41) is 14.8. The molecule has 0 saturated heterocycles. The van der Waals surface area contributed by atoms with Crippen LogP contribution in [0.4, 0.5) is 0 Å². The SMILES string of the molecule is C1CCCCCCCCCCC1.CC(=O)O.CC(=O)O. The minimum atomic E-state index is -0.833. The van der Waals surface area contributed by atoms with Gasteiger partial charge in [-0.1, -0.05) is 77.0 Å². The van der Waals surface area contributed by atoms with E-state index in [2.05, 4.69) is 0 Å². The molecule has 0 aromatic carbocycles. The van der Waals surface area contributed by atoms with E-state index in [1.807, 2.05) is 0 Å². The summed E-state index contributed by atoms with van der Waals surface area (Å²) in [6.07, 6.45) is 18.0. The van der Waals surface area contributed by atoms with Gasteiger partial charge in [-0.25, -0.2) is 0 Å². The first kappa shape index (κ1) is 21.2. The Morgan fingerprint density at radius 2 is 0.550 bits per heavy atom. The van der Waals surface area contributed by atoms with Crippen LogP contribution in [0.1, 0.15) is 90.9 Å². The van der Waals surface area contributed by atoms with Crippen LogP contribution in [0.2, 0.25) is 0 Å². The fourth-order valence-corrected chi connectivity index (χ4v) is 2.12. The first-order valence-electron chi connectivity index (χ1n) is 7.86. The number of aliphatic carboxylic acids is 2.